The Morgan fingerprint density at radius 3 is 2.41 bits per heavy atom. The molecule has 0 unspecified atom stereocenters. The van der Waals surface area contributed by atoms with Gasteiger partial charge in [0.2, 0.25) is 0 Å². The number of carbonyl (C=O) groups is 3. The van der Waals surface area contributed by atoms with Gasteiger partial charge in [-0.3, -0.25) is 25.2 Å². The molecule has 0 bridgehead atoms. The van der Waals surface area contributed by atoms with E-state index >= 15 is 0 Å². The van der Waals surface area contributed by atoms with Crippen molar-refractivity contribution >= 4 is 17.7 Å². The van der Waals surface area contributed by atoms with Gasteiger partial charge in [-0.1, -0.05) is 17.7 Å². The monoisotopic (exact) mass is 366 g/mol. The number of ether oxygens (including phenoxy) is 1. The normalized spacial score (nSPS) is 9.63. The van der Waals surface area contributed by atoms with Gasteiger partial charge in [-0.05, 0) is 43.3 Å². The fourth-order valence-electron chi connectivity index (χ4n) is 2.04. The van der Waals surface area contributed by atoms with E-state index in [-0.39, 0.29) is 19.1 Å². The van der Waals surface area contributed by atoms with Crippen LogP contribution in [0.15, 0.2) is 48.5 Å². The minimum Gasteiger partial charge on any atom is -0.484 e. The van der Waals surface area contributed by atoms with E-state index in [9.17, 15) is 14.4 Å². The molecule has 2 rings (SSSR count). The van der Waals surface area contributed by atoms with Gasteiger partial charge < -0.3 is 10.1 Å². The van der Waals surface area contributed by atoms with Crippen molar-refractivity contribution in [2.24, 2.45) is 0 Å². The van der Waals surface area contributed by atoms with Crippen LogP contribution in [0.4, 0.5) is 0 Å². The standard InChI is InChI=1S/C19H18N4O4/c1-13-3-2-4-15(9-13)19(26)21-11-17(24)22-23-18(25)12-27-16-7-5-14(10-20)6-8-16/h2-9H,11-12H2,1H3,(H,21,26)(H,22,24)(H,23,25). The van der Waals surface area contributed by atoms with Crippen molar-refractivity contribution in [3.63, 3.8) is 0 Å². The molecule has 0 aliphatic heterocycles. The van der Waals surface area contributed by atoms with Gasteiger partial charge in [-0.25, -0.2) is 0 Å². The molecular formula is C19H18N4O4. The number of hydrogen-bond acceptors (Lipinski definition) is 5. The lowest BCUT2D eigenvalue weighted by molar-refractivity contribution is -0.129. The van der Waals surface area contributed by atoms with Gasteiger partial charge in [0.25, 0.3) is 17.7 Å². The van der Waals surface area contributed by atoms with Gasteiger partial charge in [0, 0.05) is 5.56 Å². The lowest BCUT2D eigenvalue weighted by Gasteiger charge is -2.09. The molecule has 0 spiro atoms. The van der Waals surface area contributed by atoms with Crippen molar-refractivity contribution in [1.29, 1.82) is 5.26 Å². The molecule has 0 aliphatic rings. The van der Waals surface area contributed by atoms with Gasteiger partial charge in [0.15, 0.2) is 6.61 Å². The number of hydrogen-bond donors (Lipinski definition) is 3. The van der Waals surface area contributed by atoms with Crippen molar-refractivity contribution < 1.29 is 19.1 Å². The Bertz CT molecular complexity index is 872. The number of nitrogens with one attached hydrogen (secondary N) is 3. The van der Waals surface area contributed by atoms with Gasteiger partial charge in [-0.2, -0.15) is 5.26 Å². The third-order valence-corrected chi connectivity index (χ3v) is 3.38. The van der Waals surface area contributed by atoms with Crippen LogP contribution in [0.25, 0.3) is 0 Å². The van der Waals surface area contributed by atoms with Crippen LogP contribution in [0, 0.1) is 18.3 Å². The Morgan fingerprint density at radius 1 is 1.04 bits per heavy atom. The van der Waals surface area contributed by atoms with Crippen LogP contribution in [0.5, 0.6) is 5.75 Å². The first kappa shape index (κ1) is 19.5. The van der Waals surface area contributed by atoms with Crippen LogP contribution in [-0.4, -0.2) is 30.9 Å². The van der Waals surface area contributed by atoms with Crippen molar-refractivity contribution in [2.45, 2.75) is 6.92 Å². The van der Waals surface area contributed by atoms with E-state index in [1.165, 1.54) is 0 Å². The average molecular weight is 366 g/mol. The van der Waals surface area contributed by atoms with E-state index in [0.717, 1.165) is 5.56 Å². The van der Waals surface area contributed by atoms with Crippen molar-refractivity contribution in [1.82, 2.24) is 16.2 Å². The predicted molar refractivity (Wildman–Crippen MR) is 96.4 cm³/mol. The number of rotatable bonds is 6. The van der Waals surface area contributed by atoms with Crippen LogP contribution >= 0.6 is 0 Å². The van der Waals surface area contributed by atoms with E-state index in [1.54, 1.807) is 42.5 Å². The molecule has 3 N–H and O–H groups in total. The molecule has 0 atom stereocenters. The molecule has 0 aliphatic carbocycles. The summed E-state index contributed by atoms with van der Waals surface area (Å²) in [6.45, 7) is 1.25. The molecule has 0 aromatic heterocycles. The highest BCUT2D eigenvalue weighted by Gasteiger charge is 2.09. The molecule has 138 valence electrons. The van der Waals surface area contributed by atoms with Gasteiger partial charge in [0.1, 0.15) is 5.75 Å². The molecule has 0 fully saturated rings. The summed E-state index contributed by atoms with van der Waals surface area (Å²) in [5.74, 6) is -1.12. The van der Waals surface area contributed by atoms with Crippen LogP contribution in [0.3, 0.4) is 0 Å². The second-order valence-electron chi connectivity index (χ2n) is 5.57. The SMILES string of the molecule is Cc1cccc(C(=O)NCC(=O)NNC(=O)COc2ccc(C#N)cc2)c1. The maximum Gasteiger partial charge on any atom is 0.276 e. The Hall–Kier alpha value is -3.86. The van der Waals surface area contributed by atoms with Crippen LogP contribution in [0.1, 0.15) is 21.5 Å². The summed E-state index contributed by atoms with van der Waals surface area (Å²) in [4.78, 5) is 35.3. The van der Waals surface area contributed by atoms with Crippen LogP contribution < -0.4 is 20.9 Å². The number of aryl methyl sites for hydroxylation is 1. The molecule has 3 amide bonds. The van der Waals surface area contributed by atoms with Gasteiger partial charge in [0.05, 0.1) is 18.2 Å². The van der Waals surface area contributed by atoms with Gasteiger partial charge in [-0.15, -0.1) is 0 Å². The Kier molecular flexibility index (Phi) is 6.91. The predicted octanol–water partition coefficient (Wildman–Crippen LogP) is 0.823. The zero-order chi connectivity index (χ0) is 19.6. The number of nitriles is 1. The summed E-state index contributed by atoms with van der Waals surface area (Å²) in [6.07, 6.45) is 0. The summed E-state index contributed by atoms with van der Waals surface area (Å²) in [7, 11) is 0. The molecular weight excluding hydrogens is 348 g/mol. The molecule has 27 heavy (non-hydrogen) atoms. The number of amides is 3. The molecule has 8 heteroatoms. The summed E-state index contributed by atoms with van der Waals surface area (Å²) >= 11 is 0. The van der Waals surface area contributed by atoms with Crippen molar-refractivity contribution in [2.75, 3.05) is 13.2 Å². The van der Waals surface area contributed by atoms with E-state index < -0.39 is 11.8 Å². The zero-order valence-electron chi connectivity index (χ0n) is 14.6. The number of nitrogens with zero attached hydrogens (tertiary/aromatic N) is 1. The summed E-state index contributed by atoms with van der Waals surface area (Å²) < 4.78 is 5.22. The first-order valence-corrected chi connectivity index (χ1v) is 8.03. The highest BCUT2D eigenvalue weighted by Crippen LogP contribution is 2.11. The molecule has 0 heterocycles. The second kappa shape index (κ2) is 9.58. The van der Waals surface area contributed by atoms with E-state index in [1.807, 2.05) is 19.1 Å². The van der Waals surface area contributed by atoms with Crippen molar-refractivity contribution in [3.8, 4) is 11.8 Å². The number of hydrazine groups is 1. The van der Waals surface area contributed by atoms with E-state index in [0.29, 0.717) is 16.9 Å². The zero-order valence-corrected chi connectivity index (χ0v) is 14.6. The summed E-state index contributed by atoms with van der Waals surface area (Å²) in [5, 5.41) is 11.2. The minimum atomic E-state index is -0.581. The largest absolute Gasteiger partial charge is 0.484 e. The quantitative estimate of drug-likeness (QED) is 0.654. The molecule has 0 saturated carbocycles. The van der Waals surface area contributed by atoms with Crippen molar-refractivity contribution in [3.05, 3.63) is 65.2 Å². The third kappa shape index (κ3) is 6.51. The van der Waals surface area contributed by atoms with E-state index in [2.05, 4.69) is 16.2 Å². The average Bonchev–Trinajstić information content (AvgIpc) is 2.69. The molecule has 2 aromatic carbocycles. The Labute approximate surface area is 156 Å². The first-order chi connectivity index (χ1) is 13.0. The minimum absolute atomic E-state index is 0.288. The summed E-state index contributed by atoms with van der Waals surface area (Å²) in [6, 6.07) is 15.2. The topological polar surface area (TPSA) is 120 Å². The maximum absolute atomic E-state index is 11.9. The second-order valence-corrected chi connectivity index (χ2v) is 5.57. The fraction of sp³-hybridized carbons (Fsp3) is 0.158. The molecule has 8 nitrogen and oxygen atoms in total. The van der Waals surface area contributed by atoms with Crippen LogP contribution in [-0.2, 0) is 9.59 Å². The summed E-state index contributed by atoms with van der Waals surface area (Å²) in [5.41, 5.74) is 6.22. The lowest BCUT2D eigenvalue weighted by Crippen LogP contribution is -2.47. The third-order valence-electron chi connectivity index (χ3n) is 3.38. The maximum atomic E-state index is 11.9. The molecule has 2 aromatic rings. The smallest absolute Gasteiger partial charge is 0.276 e. The fourth-order valence-corrected chi connectivity index (χ4v) is 2.04. The lowest BCUT2D eigenvalue weighted by atomic mass is 10.1. The highest BCUT2D eigenvalue weighted by atomic mass is 16.5. The Morgan fingerprint density at radius 2 is 1.74 bits per heavy atom. The van der Waals surface area contributed by atoms with Gasteiger partial charge >= 0.3 is 0 Å². The Balaban J connectivity index is 1.67. The number of carbonyl (C=O) groups excluding carboxylic acids is 3. The molecule has 0 radical (unpaired) electrons. The number of benzene rings is 2. The van der Waals surface area contributed by atoms with Crippen LogP contribution in [0.2, 0.25) is 0 Å². The molecule has 0 saturated heterocycles. The highest BCUT2D eigenvalue weighted by molar-refractivity contribution is 5.96. The first-order valence-electron chi connectivity index (χ1n) is 8.03. The van der Waals surface area contributed by atoms with E-state index in [4.69, 9.17) is 10.00 Å².